The summed E-state index contributed by atoms with van der Waals surface area (Å²) < 4.78 is 26.6. The van der Waals surface area contributed by atoms with E-state index in [1.165, 1.54) is 101 Å². The molecule has 2 aromatic carbocycles. The molecular formula is C38H52Cl2F2N4O2. The molecule has 2 aromatic rings. The third kappa shape index (κ3) is 12.0. The summed E-state index contributed by atoms with van der Waals surface area (Å²) in [4.78, 5) is 24.2. The topological polar surface area (TPSA) is 82.3 Å². The van der Waals surface area contributed by atoms with E-state index in [2.05, 4.69) is 21.3 Å². The van der Waals surface area contributed by atoms with Crippen molar-refractivity contribution in [1.82, 2.24) is 21.3 Å². The van der Waals surface area contributed by atoms with Crippen LogP contribution in [-0.4, -0.2) is 50.1 Å². The number of benzene rings is 2. The van der Waals surface area contributed by atoms with E-state index in [0.29, 0.717) is 11.8 Å². The van der Waals surface area contributed by atoms with Gasteiger partial charge in [-0.3, -0.25) is 9.59 Å². The minimum atomic E-state index is -0.481. The molecule has 4 aliphatic rings. The van der Waals surface area contributed by atoms with Gasteiger partial charge >= 0.3 is 0 Å². The van der Waals surface area contributed by atoms with Crippen LogP contribution in [0.3, 0.4) is 0 Å². The lowest BCUT2D eigenvalue weighted by atomic mass is 9.80. The lowest BCUT2D eigenvalue weighted by Crippen LogP contribution is -2.47. The molecule has 2 amide bonds. The number of amides is 2. The van der Waals surface area contributed by atoms with Crippen molar-refractivity contribution < 1.29 is 18.4 Å². The van der Waals surface area contributed by atoms with E-state index in [1.54, 1.807) is 0 Å². The van der Waals surface area contributed by atoms with E-state index in [0.717, 1.165) is 63.7 Å². The van der Waals surface area contributed by atoms with E-state index < -0.39 is 11.6 Å². The van der Waals surface area contributed by atoms with Crippen LogP contribution in [0, 0.1) is 35.3 Å². The Kier molecular flexibility index (Phi) is 14.4. The molecule has 48 heavy (non-hydrogen) atoms. The molecule has 4 fully saturated rings. The predicted octanol–water partition coefficient (Wildman–Crippen LogP) is 8.31. The lowest BCUT2D eigenvalue weighted by Gasteiger charge is -2.36. The molecule has 0 unspecified atom stereocenters. The van der Waals surface area contributed by atoms with Crippen molar-refractivity contribution in [3.05, 3.63) is 69.2 Å². The highest BCUT2D eigenvalue weighted by atomic mass is 35.5. The Bertz CT molecular complexity index is 1200. The maximum atomic E-state index is 13.3. The summed E-state index contributed by atoms with van der Waals surface area (Å²) >= 11 is 11.6. The van der Waals surface area contributed by atoms with Gasteiger partial charge in [-0.05, 0) is 125 Å². The Morgan fingerprint density at radius 2 is 0.958 bits per heavy atom. The normalized spacial score (nSPS) is 23.9. The molecule has 10 heteroatoms. The second-order valence-corrected chi connectivity index (χ2v) is 15.5. The standard InChI is InChI=1S/2C19H26ClFN2O/c2*20-16-9-15(10-17(21)11-16)19(24)23-18-7-14(8-18)12-22-6-5-13-3-1-2-4-13/h2*9-11,13-14,18,22H,1-8,12H2,(H,23,24). The van der Waals surface area contributed by atoms with Crippen molar-refractivity contribution in [3.63, 3.8) is 0 Å². The molecular weight excluding hydrogens is 653 g/mol. The zero-order chi connectivity index (χ0) is 33.9. The first-order valence-electron chi connectivity index (χ1n) is 18.2. The van der Waals surface area contributed by atoms with E-state index in [4.69, 9.17) is 23.2 Å². The van der Waals surface area contributed by atoms with Gasteiger partial charge in [0.15, 0.2) is 0 Å². The number of carbonyl (C=O) groups excluding carboxylic acids is 2. The minimum Gasteiger partial charge on any atom is -0.349 e. The first-order valence-corrected chi connectivity index (χ1v) is 18.9. The number of rotatable bonds is 14. The van der Waals surface area contributed by atoms with Crippen molar-refractivity contribution in [1.29, 1.82) is 0 Å². The van der Waals surface area contributed by atoms with Crippen LogP contribution in [0.15, 0.2) is 36.4 Å². The van der Waals surface area contributed by atoms with Crippen LogP contribution in [0.5, 0.6) is 0 Å². The largest absolute Gasteiger partial charge is 0.349 e. The highest BCUT2D eigenvalue weighted by molar-refractivity contribution is 6.31. The van der Waals surface area contributed by atoms with Gasteiger partial charge in [-0.25, -0.2) is 8.78 Å². The molecule has 4 aliphatic carbocycles. The summed E-state index contributed by atoms with van der Waals surface area (Å²) in [6.07, 6.45) is 17.8. The SMILES string of the molecule is O=C(NC1CC(CNCCC2CCCC2)C1)c1cc(F)cc(Cl)c1.O=C(NC1CC(CNCCC2CCCC2)C1)c1cc(F)cc(Cl)c1. The highest BCUT2D eigenvalue weighted by Gasteiger charge is 2.31. The Balaban J connectivity index is 0.000000188. The van der Waals surface area contributed by atoms with E-state index in [1.807, 2.05) is 0 Å². The van der Waals surface area contributed by atoms with Gasteiger partial charge in [0, 0.05) is 33.3 Å². The quantitative estimate of drug-likeness (QED) is 0.149. The average Bonchev–Trinajstić information content (AvgIpc) is 3.72. The zero-order valence-corrected chi connectivity index (χ0v) is 29.5. The average molecular weight is 706 g/mol. The molecule has 0 spiro atoms. The predicted molar refractivity (Wildman–Crippen MR) is 190 cm³/mol. The fraction of sp³-hybridized carbons (Fsp3) is 0.632. The van der Waals surface area contributed by atoms with Crippen molar-refractivity contribution in [2.75, 3.05) is 26.2 Å². The molecule has 0 radical (unpaired) electrons. The van der Waals surface area contributed by atoms with Crippen molar-refractivity contribution in [3.8, 4) is 0 Å². The number of hydrogen-bond acceptors (Lipinski definition) is 4. The zero-order valence-electron chi connectivity index (χ0n) is 28.0. The molecule has 0 aromatic heterocycles. The summed E-state index contributed by atoms with van der Waals surface area (Å²) in [5.41, 5.74) is 0.580. The molecule has 0 saturated heterocycles. The van der Waals surface area contributed by atoms with Crippen molar-refractivity contribution in [2.45, 2.75) is 102 Å². The second-order valence-electron chi connectivity index (χ2n) is 14.6. The lowest BCUT2D eigenvalue weighted by molar-refractivity contribution is 0.0880. The Morgan fingerprint density at radius 3 is 1.31 bits per heavy atom. The third-order valence-electron chi connectivity index (χ3n) is 10.7. The molecule has 4 N–H and O–H groups in total. The molecule has 264 valence electrons. The fourth-order valence-electron chi connectivity index (χ4n) is 7.77. The van der Waals surface area contributed by atoms with E-state index >= 15 is 0 Å². The minimum absolute atomic E-state index is 0.196. The van der Waals surface area contributed by atoms with Gasteiger partial charge in [-0.1, -0.05) is 74.6 Å². The van der Waals surface area contributed by atoms with Crippen LogP contribution < -0.4 is 21.3 Å². The smallest absolute Gasteiger partial charge is 0.251 e. The van der Waals surface area contributed by atoms with E-state index in [9.17, 15) is 18.4 Å². The van der Waals surface area contributed by atoms with Crippen molar-refractivity contribution >= 4 is 35.0 Å². The monoisotopic (exact) mass is 704 g/mol. The maximum absolute atomic E-state index is 13.3. The number of hydrogen-bond donors (Lipinski definition) is 4. The van der Waals surface area contributed by atoms with Crippen LogP contribution in [0.1, 0.15) is 111 Å². The number of nitrogens with one attached hydrogen (secondary N) is 4. The first-order chi connectivity index (χ1) is 23.2. The van der Waals surface area contributed by atoms with Crippen LogP contribution in [-0.2, 0) is 0 Å². The summed E-state index contributed by atoms with van der Waals surface area (Å²) in [5, 5.41) is 13.5. The van der Waals surface area contributed by atoms with Crippen LogP contribution >= 0.6 is 23.2 Å². The maximum Gasteiger partial charge on any atom is 0.251 e. The molecule has 0 atom stereocenters. The number of carbonyl (C=O) groups is 2. The van der Waals surface area contributed by atoms with Crippen LogP contribution in [0.2, 0.25) is 10.0 Å². The third-order valence-corrected chi connectivity index (χ3v) is 11.1. The molecule has 0 heterocycles. The van der Waals surface area contributed by atoms with Gasteiger partial charge < -0.3 is 21.3 Å². The summed E-state index contributed by atoms with van der Waals surface area (Å²) in [6.45, 7) is 4.29. The van der Waals surface area contributed by atoms with Gasteiger partial charge in [0.2, 0.25) is 0 Å². The Morgan fingerprint density at radius 1 is 0.583 bits per heavy atom. The van der Waals surface area contributed by atoms with Crippen LogP contribution in [0.4, 0.5) is 8.78 Å². The highest BCUT2D eigenvalue weighted by Crippen LogP contribution is 2.30. The van der Waals surface area contributed by atoms with Gasteiger partial charge in [0.25, 0.3) is 11.8 Å². The molecule has 6 rings (SSSR count). The van der Waals surface area contributed by atoms with E-state index in [-0.39, 0.29) is 45.1 Å². The number of halogens is 4. The van der Waals surface area contributed by atoms with Crippen LogP contribution in [0.25, 0.3) is 0 Å². The van der Waals surface area contributed by atoms with Gasteiger partial charge in [0.1, 0.15) is 11.6 Å². The van der Waals surface area contributed by atoms with Gasteiger partial charge in [-0.15, -0.1) is 0 Å². The molecule has 0 bridgehead atoms. The summed E-state index contributed by atoms with van der Waals surface area (Å²) in [5.74, 6) is 1.69. The molecule has 4 saturated carbocycles. The second kappa shape index (κ2) is 18.7. The molecule has 0 aliphatic heterocycles. The van der Waals surface area contributed by atoms with Gasteiger partial charge in [0.05, 0.1) is 0 Å². The fourth-order valence-corrected chi connectivity index (χ4v) is 8.21. The van der Waals surface area contributed by atoms with Crippen molar-refractivity contribution in [2.24, 2.45) is 23.7 Å². The Hall–Kier alpha value is -2.26. The first kappa shape index (κ1) is 37.0. The van der Waals surface area contributed by atoms with Gasteiger partial charge in [-0.2, -0.15) is 0 Å². The summed E-state index contributed by atoms with van der Waals surface area (Å²) in [7, 11) is 0. The Labute approximate surface area is 294 Å². The summed E-state index contributed by atoms with van der Waals surface area (Å²) in [6, 6.07) is 8.25. The molecule has 6 nitrogen and oxygen atoms in total.